The molecule has 2 aliphatic rings. The number of rotatable bonds is 5. The molecule has 2 amide bonds. The minimum Gasteiger partial charge on any atom is -0.461 e. The lowest BCUT2D eigenvalue weighted by molar-refractivity contribution is -0.152. The van der Waals surface area contributed by atoms with Gasteiger partial charge in [-0.15, -0.1) is 0 Å². The highest BCUT2D eigenvalue weighted by Gasteiger charge is 2.42. The summed E-state index contributed by atoms with van der Waals surface area (Å²) in [6.45, 7) is 5.28. The van der Waals surface area contributed by atoms with Crippen molar-refractivity contribution in [1.29, 1.82) is 0 Å². The van der Waals surface area contributed by atoms with E-state index in [0.29, 0.717) is 32.4 Å². The van der Waals surface area contributed by atoms with Crippen LogP contribution in [0.5, 0.6) is 0 Å². The molecule has 4 atom stereocenters. The topological polar surface area (TPSA) is 110 Å². The highest BCUT2D eigenvalue weighted by molar-refractivity contribution is 5.94. The van der Waals surface area contributed by atoms with Crippen molar-refractivity contribution >= 4 is 23.6 Å². The lowest BCUT2D eigenvalue weighted by atomic mass is 10.1. The van der Waals surface area contributed by atoms with Gasteiger partial charge in [-0.3, -0.25) is 19.2 Å². The smallest absolute Gasteiger partial charge is 0.302 e. The molecule has 0 aliphatic carbocycles. The average Bonchev–Trinajstić information content (AvgIpc) is 3.20. The Balaban J connectivity index is 2.08. The van der Waals surface area contributed by atoms with Crippen LogP contribution in [0, 0.1) is 0 Å². The van der Waals surface area contributed by atoms with E-state index in [9.17, 15) is 19.2 Å². The Morgan fingerprint density at radius 2 is 1.56 bits per heavy atom. The standard InChI is InChI=1S/C17H27N3O5/c1-10(21)13-6-4-8-19(13)16(23)14-7-5-9-20(14)17(24)15(18)11(2)25-12(3)22/h11,13-15H,4-9,18H2,1-3H3/t11?,13-,14-,15-/m0/s1. The average molecular weight is 353 g/mol. The van der Waals surface area contributed by atoms with Gasteiger partial charge in [-0.05, 0) is 39.5 Å². The summed E-state index contributed by atoms with van der Waals surface area (Å²) in [6, 6.07) is -2.00. The predicted molar refractivity (Wildman–Crippen MR) is 89.4 cm³/mol. The number of hydrogen-bond donors (Lipinski definition) is 1. The van der Waals surface area contributed by atoms with Crippen molar-refractivity contribution in [2.45, 2.75) is 70.7 Å². The summed E-state index contributed by atoms with van der Waals surface area (Å²) < 4.78 is 4.99. The van der Waals surface area contributed by atoms with Gasteiger partial charge in [0.15, 0.2) is 5.78 Å². The minimum absolute atomic E-state index is 0.0260. The number of nitrogens with zero attached hydrogens (tertiary/aromatic N) is 2. The van der Waals surface area contributed by atoms with Crippen LogP contribution < -0.4 is 5.73 Å². The summed E-state index contributed by atoms with van der Waals surface area (Å²) in [5.41, 5.74) is 5.93. The summed E-state index contributed by atoms with van der Waals surface area (Å²) in [6.07, 6.45) is 1.96. The molecule has 2 rings (SSSR count). The van der Waals surface area contributed by atoms with Crippen LogP contribution in [0.4, 0.5) is 0 Å². The van der Waals surface area contributed by atoms with Crippen LogP contribution in [-0.4, -0.2) is 70.7 Å². The number of nitrogens with two attached hydrogens (primary N) is 1. The van der Waals surface area contributed by atoms with Crippen LogP contribution in [-0.2, 0) is 23.9 Å². The van der Waals surface area contributed by atoms with Crippen molar-refractivity contribution in [1.82, 2.24) is 9.80 Å². The van der Waals surface area contributed by atoms with E-state index in [2.05, 4.69) is 0 Å². The fourth-order valence-electron chi connectivity index (χ4n) is 3.66. The summed E-state index contributed by atoms with van der Waals surface area (Å²) in [4.78, 5) is 51.5. The van der Waals surface area contributed by atoms with Crippen LogP contribution in [0.2, 0.25) is 0 Å². The highest BCUT2D eigenvalue weighted by Crippen LogP contribution is 2.26. The van der Waals surface area contributed by atoms with Crippen LogP contribution in [0.25, 0.3) is 0 Å². The monoisotopic (exact) mass is 353 g/mol. The third kappa shape index (κ3) is 4.18. The molecule has 0 aromatic heterocycles. The van der Waals surface area contributed by atoms with E-state index in [0.717, 1.165) is 6.42 Å². The molecule has 0 aromatic rings. The zero-order valence-electron chi connectivity index (χ0n) is 15.1. The van der Waals surface area contributed by atoms with E-state index >= 15 is 0 Å². The molecule has 2 heterocycles. The van der Waals surface area contributed by atoms with Crippen LogP contribution in [0.15, 0.2) is 0 Å². The van der Waals surface area contributed by atoms with Crippen LogP contribution in [0.3, 0.4) is 0 Å². The van der Waals surface area contributed by atoms with E-state index in [1.165, 1.54) is 18.7 Å². The summed E-state index contributed by atoms with van der Waals surface area (Å²) in [7, 11) is 0. The fourth-order valence-corrected chi connectivity index (χ4v) is 3.66. The first kappa shape index (κ1) is 19.4. The molecule has 25 heavy (non-hydrogen) atoms. The molecule has 0 saturated carbocycles. The van der Waals surface area contributed by atoms with Gasteiger partial charge in [-0.1, -0.05) is 0 Å². The van der Waals surface area contributed by atoms with Crippen molar-refractivity contribution in [2.24, 2.45) is 5.73 Å². The van der Waals surface area contributed by atoms with E-state index in [1.807, 2.05) is 0 Å². The Morgan fingerprint density at radius 3 is 2.12 bits per heavy atom. The quantitative estimate of drug-likeness (QED) is 0.688. The van der Waals surface area contributed by atoms with Gasteiger partial charge in [0.25, 0.3) is 0 Å². The Labute approximate surface area is 147 Å². The van der Waals surface area contributed by atoms with Gasteiger partial charge in [0.05, 0.1) is 6.04 Å². The van der Waals surface area contributed by atoms with Gasteiger partial charge < -0.3 is 20.3 Å². The van der Waals surface area contributed by atoms with Gasteiger partial charge in [0.1, 0.15) is 18.2 Å². The van der Waals surface area contributed by atoms with Gasteiger partial charge in [0, 0.05) is 20.0 Å². The number of ketones is 1. The van der Waals surface area contributed by atoms with Crippen molar-refractivity contribution in [3.8, 4) is 0 Å². The molecule has 8 nitrogen and oxygen atoms in total. The van der Waals surface area contributed by atoms with Crippen molar-refractivity contribution in [2.75, 3.05) is 13.1 Å². The zero-order chi connectivity index (χ0) is 18.7. The number of carbonyl (C=O) groups excluding carboxylic acids is 4. The van der Waals surface area contributed by atoms with Gasteiger partial charge in [-0.2, -0.15) is 0 Å². The van der Waals surface area contributed by atoms with Crippen molar-refractivity contribution < 1.29 is 23.9 Å². The molecule has 0 bridgehead atoms. The maximum Gasteiger partial charge on any atom is 0.302 e. The minimum atomic E-state index is -1.01. The molecule has 140 valence electrons. The molecule has 0 spiro atoms. The largest absolute Gasteiger partial charge is 0.461 e. The van der Waals surface area contributed by atoms with E-state index < -0.39 is 36.1 Å². The lowest BCUT2D eigenvalue weighted by Gasteiger charge is -2.32. The molecule has 8 heteroatoms. The number of likely N-dealkylation sites (tertiary alicyclic amines) is 2. The van der Waals surface area contributed by atoms with Crippen LogP contribution >= 0.6 is 0 Å². The highest BCUT2D eigenvalue weighted by atomic mass is 16.5. The zero-order valence-corrected chi connectivity index (χ0v) is 15.1. The third-order valence-corrected chi connectivity index (χ3v) is 4.97. The predicted octanol–water partition coefficient (Wildman–Crippen LogP) is -0.164. The van der Waals surface area contributed by atoms with Gasteiger partial charge >= 0.3 is 5.97 Å². The first-order chi connectivity index (χ1) is 11.7. The van der Waals surface area contributed by atoms with Crippen molar-refractivity contribution in [3.63, 3.8) is 0 Å². The second-order valence-electron chi connectivity index (χ2n) is 6.83. The summed E-state index contributed by atoms with van der Waals surface area (Å²) >= 11 is 0. The Bertz CT molecular complexity index is 564. The number of Topliss-reactive ketones (excluding diaryl/α,β-unsaturated/α-hetero) is 1. The SMILES string of the molecule is CC(=O)OC(C)[C@H](N)C(=O)N1CCC[C@H]1C(=O)N1CCC[C@H]1C(C)=O. The first-order valence-electron chi connectivity index (χ1n) is 8.78. The van der Waals surface area contributed by atoms with E-state index in [1.54, 1.807) is 11.8 Å². The number of amides is 2. The number of carbonyl (C=O) groups is 4. The second kappa shape index (κ2) is 7.95. The Morgan fingerprint density at radius 1 is 1.00 bits per heavy atom. The molecule has 0 radical (unpaired) electrons. The molecular formula is C17H27N3O5. The molecule has 1 unspecified atom stereocenters. The number of hydrogen-bond acceptors (Lipinski definition) is 6. The summed E-state index contributed by atoms with van der Waals surface area (Å²) in [5, 5.41) is 0. The third-order valence-electron chi connectivity index (χ3n) is 4.97. The normalized spacial score (nSPS) is 25.6. The molecule has 2 saturated heterocycles. The van der Waals surface area contributed by atoms with E-state index in [-0.39, 0.29) is 11.7 Å². The molecule has 2 N–H and O–H groups in total. The lowest BCUT2D eigenvalue weighted by Crippen LogP contribution is -2.56. The molecule has 2 aliphatic heterocycles. The Hall–Kier alpha value is -1.96. The summed E-state index contributed by atoms with van der Waals surface area (Å²) in [5.74, 6) is -1.12. The maximum absolute atomic E-state index is 12.9. The van der Waals surface area contributed by atoms with Crippen molar-refractivity contribution in [3.05, 3.63) is 0 Å². The second-order valence-corrected chi connectivity index (χ2v) is 6.83. The van der Waals surface area contributed by atoms with Gasteiger partial charge in [-0.25, -0.2) is 0 Å². The Kier molecular flexibility index (Phi) is 6.16. The maximum atomic E-state index is 12.9. The molecule has 0 aromatic carbocycles. The molecular weight excluding hydrogens is 326 g/mol. The van der Waals surface area contributed by atoms with E-state index in [4.69, 9.17) is 10.5 Å². The fraction of sp³-hybridized carbons (Fsp3) is 0.765. The van der Waals surface area contributed by atoms with Crippen LogP contribution in [0.1, 0.15) is 46.5 Å². The number of ether oxygens (including phenoxy) is 1. The number of esters is 1. The van der Waals surface area contributed by atoms with Gasteiger partial charge in [0.2, 0.25) is 11.8 Å². The first-order valence-corrected chi connectivity index (χ1v) is 8.78. The molecule has 2 fully saturated rings.